The highest BCUT2D eigenvalue weighted by Gasteiger charge is 2.26. The van der Waals surface area contributed by atoms with Crippen LogP contribution in [0.25, 0.3) is 0 Å². The Balaban J connectivity index is 2.20. The molecule has 1 aliphatic carbocycles. The minimum atomic E-state index is -0.150. The lowest BCUT2D eigenvalue weighted by atomic mass is 9.81. The largest absolute Gasteiger partial charge is 0.497 e. The molecule has 2 nitrogen and oxygen atoms in total. The molecule has 1 aromatic rings. The summed E-state index contributed by atoms with van der Waals surface area (Å²) in [5, 5.41) is 3.55. The molecule has 1 N–H and O–H groups in total. The third kappa shape index (κ3) is 3.72. The predicted octanol–water partition coefficient (Wildman–Crippen LogP) is 4.46. The molecular formula is C17H26FNO. The summed E-state index contributed by atoms with van der Waals surface area (Å²) in [6.07, 6.45) is 7.34. The third-order valence-electron chi connectivity index (χ3n) is 4.28. The molecule has 1 aromatic carbocycles. The van der Waals surface area contributed by atoms with E-state index < -0.39 is 0 Å². The molecule has 3 heteroatoms. The van der Waals surface area contributed by atoms with Crippen LogP contribution in [0.3, 0.4) is 0 Å². The van der Waals surface area contributed by atoms with Crippen LogP contribution >= 0.6 is 0 Å². The average molecular weight is 279 g/mol. The van der Waals surface area contributed by atoms with E-state index in [0.717, 1.165) is 18.5 Å². The molecule has 112 valence electrons. The smallest absolute Gasteiger partial charge is 0.131 e. The van der Waals surface area contributed by atoms with Gasteiger partial charge in [0.1, 0.15) is 11.6 Å². The number of halogens is 1. The van der Waals surface area contributed by atoms with Crippen LogP contribution in [0.2, 0.25) is 0 Å². The molecular weight excluding hydrogens is 253 g/mol. The van der Waals surface area contributed by atoms with Gasteiger partial charge in [-0.3, -0.25) is 0 Å². The fraction of sp³-hybridized carbons (Fsp3) is 0.647. The van der Waals surface area contributed by atoms with Gasteiger partial charge in [0, 0.05) is 17.7 Å². The van der Waals surface area contributed by atoms with E-state index in [1.165, 1.54) is 38.2 Å². The van der Waals surface area contributed by atoms with Crippen molar-refractivity contribution >= 4 is 0 Å². The van der Waals surface area contributed by atoms with Crippen LogP contribution in [0, 0.1) is 11.7 Å². The molecule has 0 spiro atoms. The summed E-state index contributed by atoms with van der Waals surface area (Å²) >= 11 is 0. The van der Waals surface area contributed by atoms with Gasteiger partial charge in [0.25, 0.3) is 0 Å². The molecule has 1 atom stereocenters. The van der Waals surface area contributed by atoms with Crippen molar-refractivity contribution in [2.24, 2.45) is 5.92 Å². The van der Waals surface area contributed by atoms with Gasteiger partial charge in [0.2, 0.25) is 0 Å². The number of hydrogen-bond donors (Lipinski definition) is 1. The van der Waals surface area contributed by atoms with Crippen molar-refractivity contribution < 1.29 is 9.13 Å². The topological polar surface area (TPSA) is 21.3 Å². The summed E-state index contributed by atoms with van der Waals surface area (Å²) in [5.74, 6) is 0.992. The second kappa shape index (κ2) is 7.63. The Morgan fingerprint density at radius 1 is 1.30 bits per heavy atom. The first-order valence-corrected chi connectivity index (χ1v) is 7.83. The molecule has 20 heavy (non-hydrogen) atoms. The highest BCUT2D eigenvalue weighted by Crippen LogP contribution is 2.36. The standard InChI is InChI=1S/C17H26FNO/c1-3-11-19-17(13-7-5-4-6-8-13)15-10-9-14(20-2)12-16(15)18/h9-10,12-13,17,19H,3-8,11H2,1-2H3. The van der Waals surface area contributed by atoms with Crippen molar-refractivity contribution in [1.82, 2.24) is 5.32 Å². The quantitative estimate of drug-likeness (QED) is 0.830. The van der Waals surface area contributed by atoms with Gasteiger partial charge in [-0.25, -0.2) is 4.39 Å². The van der Waals surface area contributed by atoms with Crippen LogP contribution in [-0.2, 0) is 0 Å². The number of nitrogens with one attached hydrogen (secondary N) is 1. The van der Waals surface area contributed by atoms with Gasteiger partial charge in [0.15, 0.2) is 0 Å². The highest BCUT2D eigenvalue weighted by atomic mass is 19.1. The third-order valence-corrected chi connectivity index (χ3v) is 4.28. The maximum absolute atomic E-state index is 14.3. The van der Waals surface area contributed by atoms with Crippen LogP contribution in [0.4, 0.5) is 4.39 Å². The number of rotatable bonds is 6. The first kappa shape index (κ1) is 15.3. The molecule has 1 aliphatic rings. The lowest BCUT2D eigenvalue weighted by Crippen LogP contribution is -2.31. The van der Waals surface area contributed by atoms with Crippen molar-refractivity contribution in [3.8, 4) is 5.75 Å². The van der Waals surface area contributed by atoms with Gasteiger partial charge in [-0.15, -0.1) is 0 Å². The summed E-state index contributed by atoms with van der Waals surface area (Å²) in [4.78, 5) is 0. The van der Waals surface area contributed by atoms with Crippen molar-refractivity contribution in [2.75, 3.05) is 13.7 Å². The summed E-state index contributed by atoms with van der Waals surface area (Å²) in [5.41, 5.74) is 0.797. The van der Waals surface area contributed by atoms with Crippen LogP contribution in [0.5, 0.6) is 5.75 Å². The van der Waals surface area contributed by atoms with Gasteiger partial charge in [-0.1, -0.05) is 32.3 Å². The van der Waals surface area contributed by atoms with E-state index >= 15 is 0 Å². The molecule has 2 rings (SSSR count). The molecule has 1 saturated carbocycles. The molecule has 0 radical (unpaired) electrons. The fourth-order valence-corrected chi connectivity index (χ4v) is 3.18. The van der Waals surface area contributed by atoms with E-state index in [0.29, 0.717) is 11.7 Å². The van der Waals surface area contributed by atoms with E-state index in [-0.39, 0.29) is 11.9 Å². The molecule has 1 unspecified atom stereocenters. The van der Waals surface area contributed by atoms with E-state index in [2.05, 4.69) is 12.2 Å². The van der Waals surface area contributed by atoms with Gasteiger partial charge in [-0.05, 0) is 37.8 Å². The molecule has 0 aromatic heterocycles. The zero-order valence-electron chi connectivity index (χ0n) is 12.6. The SMILES string of the molecule is CCCNC(c1ccc(OC)cc1F)C1CCCCC1. The van der Waals surface area contributed by atoms with E-state index in [9.17, 15) is 4.39 Å². The molecule has 0 bridgehead atoms. The Morgan fingerprint density at radius 3 is 2.65 bits per heavy atom. The average Bonchev–Trinajstić information content (AvgIpc) is 2.50. The fourth-order valence-electron chi connectivity index (χ4n) is 3.18. The van der Waals surface area contributed by atoms with Crippen LogP contribution in [0.15, 0.2) is 18.2 Å². The first-order valence-electron chi connectivity index (χ1n) is 7.83. The summed E-state index contributed by atoms with van der Waals surface area (Å²) in [6, 6.07) is 5.39. The number of hydrogen-bond acceptors (Lipinski definition) is 2. The first-order chi connectivity index (χ1) is 9.76. The number of methoxy groups -OCH3 is 1. The van der Waals surface area contributed by atoms with E-state index in [4.69, 9.17) is 4.74 Å². The van der Waals surface area contributed by atoms with Gasteiger partial charge < -0.3 is 10.1 Å². The molecule has 1 fully saturated rings. The van der Waals surface area contributed by atoms with E-state index in [1.807, 2.05) is 12.1 Å². The maximum atomic E-state index is 14.3. The Labute approximate surface area is 121 Å². The van der Waals surface area contributed by atoms with Crippen molar-refractivity contribution in [1.29, 1.82) is 0 Å². The second-order valence-electron chi connectivity index (χ2n) is 5.72. The normalized spacial score (nSPS) is 17.9. The van der Waals surface area contributed by atoms with Crippen LogP contribution in [-0.4, -0.2) is 13.7 Å². The molecule has 0 aliphatic heterocycles. The zero-order valence-corrected chi connectivity index (χ0v) is 12.6. The lowest BCUT2D eigenvalue weighted by molar-refractivity contribution is 0.267. The zero-order chi connectivity index (χ0) is 14.4. The lowest BCUT2D eigenvalue weighted by Gasteiger charge is -2.31. The van der Waals surface area contributed by atoms with Crippen molar-refractivity contribution in [3.63, 3.8) is 0 Å². The van der Waals surface area contributed by atoms with Gasteiger partial charge in [0.05, 0.1) is 7.11 Å². The number of benzene rings is 1. The van der Waals surface area contributed by atoms with Crippen LogP contribution in [0.1, 0.15) is 57.1 Å². The minimum Gasteiger partial charge on any atom is -0.497 e. The molecule has 0 heterocycles. The Hall–Kier alpha value is -1.09. The Morgan fingerprint density at radius 2 is 2.05 bits per heavy atom. The van der Waals surface area contributed by atoms with Crippen molar-refractivity contribution in [3.05, 3.63) is 29.6 Å². The summed E-state index contributed by atoms with van der Waals surface area (Å²) in [7, 11) is 1.57. The predicted molar refractivity (Wildman–Crippen MR) is 80.6 cm³/mol. The van der Waals surface area contributed by atoms with Crippen molar-refractivity contribution in [2.45, 2.75) is 51.5 Å². The monoisotopic (exact) mass is 279 g/mol. The van der Waals surface area contributed by atoms with Crippen LogP contribution < -0.4 is 10.1 Å². The molecule has 0 amide bonds. The second-order valence-corrected chi connectivity index (χ2v) is 5.72. The van der Waals surface area contributed by atoms with Gasteiger partial charge >= 0.3 is 0 Å². The Bertz CT molecular complexity index is 415. The molecule has 0 saturated heterocycles. The van der Waals surface area contributed by atoms with E-state index in [1.54, 1.807) is 7.11 Å². The van der Waals surface area contributed by atoms with Gasteiger partial charge in [-0.2, -0.15) is 0 Å². The highest BCUT2D eigenvalue weighted by molar-refractivity contribution is 5.31. The summed E-state index contributed by atoms with van der Waals surface area (Å²) < 4.78 is 19.4. The minimum absolute atomic E-state index is 0.140. The number of ether oxygens (including phenoxy) is 1. The Kier molecular flexibility index (Phi) is 5.84. The maximum Gasteiger partial charge on any atom is 0.131 e. The summed E-state index contributed by atoms with van der Waals surface area (Å²) in [6.45, 7) is 3.09.